The fourth-order valence-electron chi connectivity index (χ4n) is 1.63. The van der Waals surface area contributed by atoms with Crippen LogP contribution in [0.4, 0.5) is 5.69 Å². The van der Waals surface area contributed by atoms with E-state index < -0.39 is 0 Å². The highest BCUT2D eigenvalue weighted by molar-refractivity contribution is 9.10. The van der Waals surface area contributed by atoms with Crippen LogP contribution >= 0.6 is 27.5 Å². The summed E-state index contributed by atoms with van der Waals surface area (Å²) in [5, 5.41) is 4.09. The summed E-state index contributed by atoms with van der Waals surface area (Å²) in [6.45, 7) is 3.93. The van der Waals surface area contributed by atoms with Crippen LogP contribution in [0.15, 0.2) is 41.1 Å². The van der Waals surface area contributed by atoms with Crippen LogP contribution in [0.1, 0.15) is 12.5 Å². The predicted molar refractivity (Wildman–Crippen MR) is 76.6 cm³/mol. The number of nitrogens with one attached hydrogen (secondary N) is 1. The summed E-state index contributed by atoms with van der Waals surface area (Å²) in [6.07, 6.45) is 4.23. The summed E-state index contributed by atoms with van der Waals surface area (Å²) < 4.78 is 3.07. The summed E-state index contributed by atoms with van der Waals surface area (Å²) in [6, 6.07) is 7.93. The minimum absolute atomic E-state index is 0.723. The van der Waals surface area contributed by atoms with Crippen LogP contribution < -0.4 is 5.32 Å². The van der Waals surface area contributed by atoms with Crippen molar-refractivity contribution in [2.75, 3.05) is 5.32 Å². The van der Waals surface area contributed by atoms with E-state index in [0.29, 0.717) is 0 Å². The second-order valence-corrected chi connectivity index (χ2v) is 5.01. The maximum Gasteiger partial charge on any atom is 0.0593 e. The number of hydrogen-bond donors (Lipinski definition) is 1. The largest absolute Gasteiger partial charge is 0.380 e. The first-order valence-corrected chi connectivity index (χ1v) is 6.70. The van der Waals surface area contributed by atoms with E-state index in [1.807, 2.05) is 18.2 Å². The van der Waals surface area contributed by atoms with Crippen LogP contribution in [0.3, 0.4) is 0 Å². The summed E-state index contributed by atoms with van der Waals surface area (Å²) >= 11 is 9.50. The average Bonchev–Trinajstić information content (AvgIpc) is 2.79. The molecule has 0 spiro atoms. The molecule has 1 aromatic carbocycles. The molecule has 0 radical (unpaired) electrons. The van der Waals surface area contributed by atoms with Crippen LogP contribution in [-0.2, 0) is 13.1 Å². The Morgan fingerprint density at radius 2 is 2.18 bits per heavy atom. The minimum Gasteiger partial charge on any atom is -0.380 e. The van der Waals surface area contributed by atoms with Gasteiger partial charge in [-0.3, -0.25) is 0 Å². The first-order valence-electron chi connectivity index (χ1n) is 5.53. The molecule has 0 atom stereocenters. The van der Waals surface area contributed by atoms with Gasteiger partial charge in [0.25, 0.3) is 0 Å². The number of aryl methyl sites for hydroxylation is 1. The quantitative estimate of drug-likeness (QED) is 0.877. The molecular formula is C13H14BrClN2. The molecule has 0 aliphatic rings. The third kappa shape index (κ3) is 3.05. The first kappa shape index (κ1) is 12.5. The van der Waals surface area contributed by atoms with Crippen molar-refractivity contribution in [1.82, 2.24) is 4.57 Å². The lowest BCUT2D eigenvalue weighted by Crippen LogP contribution is -1.99. The highest BCUT2D eigenvalue weighted by Crippen LogP contribution is 2.30. The molecule has 2 rings (SSSR count). The average molecular weight is 314 g/mol. The number of nitrogens with zero attached hydrogens (tertiary/aromatic N) is 1. The predicted octanol–water partition coefficient (Wildman–Crippen LogP) is 4.54. The van der Waals surface area contributed by atoms with E-state index >= 15 is 0 Å². The van der Waals surface area contributed by atoms with Crippen molar-refractivity contribution < 1.29 is 0 Å². The van der Waals surface area contributed by atoms with Gasteiger partial charge in [0.1, 0.15) is 0 Å². The Hall–Kier alpha value is -0.930. The summed E-state index contributed by atoms with van der Waals surface area (Å²) in [5.74, 6) is 0. The maximum atomic E-state index is 6.03. The summed E-state index contributed by atoms with van der Waals surface area (Å²) in [5.41, 5.74) is 2.28. The lowest BCUT2D eigenvalue weighted by Gasteiger charge is -2.08. The molecule has 0 saturated heterocycles. The number of rotatable bonds is 4. The van der Waals surface area contributed by atoms with Gasteiger partial charge in [-0.05, 0) is 46.6 Å². The van der Waals surface area contributed by atoms with Crippen molar-refractivity contribution in [3.8, 4) is 0 Å². The van der Waals surface area contributed by atoms with Crippen LogP contribution in [0.25, 0.3) is 0 Å². The maximum absolute atomic E-state index is 6.03. The van der Waals surface area contributed by atoms with E-state index in [1.165, 1.54) is 5.56 Å². The molecule has 0 bridgehead atoms. The number of halogens is 2. The van der Waals surface area contributed by atoms with Gasteiger partial charge in [0.15, 0.2) is 0 Å². The van der Waals surface area contributed by atoms with Gasteiger partial charge in [-0.15, -0.1) is 0 Å². The monoisotopic (exact) mass is 312 g/mol. The molecule has 1 aromatic heterocycles. The zero-order valence-corrected chi connectivity index (χ0v) is 11.9. The number of aromatic nitrogens is 1. The van der Waals surface area contributed by atoms with Gasteiger partial charge in [-0.25, -0.2) is 0 Å². The molecule has 4 heteroatoms. The van der Waals surface area contributed by atoms with Crippen molar-refractivity contribution in [3.63, 3.8) is 0 Å². The molecule has 0 saturated carbocycles. The Morgan fingerprint density at radius 1 is 1.35 bits per heavy atom. The van der Waals surface area contributed by atoms with Crippen molar-refractivity contribution in [2.24, 2.45) is 0 Å². The van der Waals surface area contributed by atoms with Gasteiger partial charge in [0.2, 0.25) is 0 Å². The van der Waals surface area contributed by atoms with Gasteiger partial charge >= 0.3 is 0 Å². The molecule has 2 nitrogen and oxygen atoms in total. The van der Waals surface area contributed by atoms with E-state index in [1.54, 1.807) is 0 Å². The molecule has 1 N–H and O–H groups in total. The van der Waals surface area contributed by atoms with Crippen LogP contribution in [0.2, 0.25) is 5.02 Å². The second-order valence-electron chi connectivity index (χ2n) is 3.81. The normalized spacial score (nSPS) is 10.5. The summed E-state index contributed by atoms with van der Waals surface area (Å²) in [7, 11) is 0. The van der Waals surface area contributed by atoms with Crippen molar-refractivity contribution >= 4 is 33.2 Å². The molecule has 0 amide bonds. The minimum atomic E-state index is 0.723. The highest BCUT2D eigenvalue weighted by Gasteiger charge is 2.03. The number of hydrogen-bond acceptors (Lipinski definition) is 1. The fraction of sp³-hybridized carbons (Fsp3) is 0.231. The topological polar surface area (TPSA) is 17.0 Å². The van der Waals surface area contributed by atoms with E-state index in [4.69, 9.17) is 11.6 Å². The van der Waals surface area contributed by atoms with Crippen LogP contribution in [0, 0.1) is 0 Å². The summed E-state index contributed by atoms with van der Waals surface area (Å²) in [4.78, 5) is 0. The molecule has 90 valence electrons. The van der Waals surface area contributed by atoms with E-state index in [-0.39, 0.29) is 0 Å². The number of benzene rings is 1. The fourth-order valence-corrected chi connectivity index (χ4v) is 2.21. The van der Waals surface area contributed by atoms with Crippen LogP contribution in [0.5, 0.6) is 0 Å². The van der Waals surface area contributed by atoms with Gasteiger partial charge < -0.3 is 9.88 Å². The Labute approximate surface area is 115 Å². The molecule has 0 unspecified atom stereocenters. The standard InChI is InChI=1S/C13H14BrClN2/c1-2-17-7-6-10(9-17)8-16-12-5-3-4-11(15)13(12)14/h3-7,9,16H,2,8H2,1H3. The Balaban J connectivity index is 2.04. The van der Waals surface area contributed by atoms with Gasteiger partial charge in [0.05, 0.1) is 15.2 Å². The molecular weight excluding hydrogens is 300 g/mol. The molecule has 17 heavy (non-hydrogen) atoms. The lowest BCUT2D eigenvalue weighted by molar-refractivity contribution is 0.766. The van der Waals surface area contributed by atoms with Crippen molar-refractivity contribution in [1.29, 1.82) is 0 Å². The second kappa shape index (κ2) is 5.61. The zero-order valence-electron chi connectivity index (χ0n) is 9.58. The van der Waals surface area contributed by atoms with E-state index in [2.05, 4.69) is 51.2 Å². The molecule has 0 aliphatic heterocycles. The molecule has 0 fully saturated rings. The Bertz CT molecular complexity index is 508. The zero-order chi connectivity index (χ0) is 12.3. The first-order chi connectivity index (χ1) is 8.20. The van der Waals surface area contributed by atoms with Gasteiger partial charge in [0, 0.05) is 25.5 Å². The SMILES string of the molecule is CCn1ccc(CNc2cccc(Cl)c2Br)c1. The number of anilines is 1. The molecule has 0 aliphatic carbocycles. The van der Waals surface area contributed by atoms with E-state index in [9.17, 15) is 0 Å². The van der Waals surface area contributed by atoms with Crippen molar-refractivity contribution in [3.05, 3.63) is 51.7 Å². The van der Waals surface area contributed by atoms with Gasteiger partial charge in [-0.2, -0.15) is 0 Å². The third-order valence-electron chi connectivity index (χ3n) is 2.61. The molecule has 2 aromatic rings. The smallest absolute Gasteiger partial charge is 0.0593 e. The Kier molecular flexibility index (Phi) is 4.13. The highest BCUT2D eigenvalue weighted by atomic mass is 79.9. The van der Waals surface area contributed by atoms with Gasteiger partial charge in [-0.1, -0.05) is 17.7 Å². The Morgan fingerprint density at radius 3 is 2.88 bits per heavy atom. The van der Waals surface area contributed by atoms with Crippen molar-refractivity contribution in [2.45, 2.75) is 20.0 Å². The molecule has 1 heterocycles. The van der Waals surface area contributed by atoms with Crippen LogP contribution in [-0.4, -0.2) is 4.57 Å². The lowest BCUT2D eigenvalue weighted by atomic mass is 10.3. The van der Waals surface area contributed by atoms with E-state index in [0.717, 1.165) is 28.3 Å². The third-order valence-corrected chi connectivity index (χ3v) is 4.01.